The molecule has 0 spiro atoms. The summed E-state index contributed by atoms with van der Waals surface area (Å²) in [4.78, 5) is 7.49. The molecule has 0 saturated heterocycles. The number of fused-ring (bicyclic) bond motifs is 1. The van der Waals surface area contributed by atoms with Crippen LogP contribution in [0.15, 0.2) is 48.8 Å². The molecule has 0 aliphatic heterocycles. The molecule has 0 saturated carbocycles. The highest BCUT2D eigenvalue weighted by atomic mass is 16.5. The van der Waals surface area contributed by atoms with E-state index >= 15 is 0 Å². The van der Waals surface area contributed by atoms with Crippen molar-refractivity contribution in [1.82, 2.24) is 15.3 Å². The van der Waals surface area contributed by atoms with Crippen molar-refractivity contribution >= 4 is 11.0 Å². The van der Waals surface area contributed by atoms with Gasteiger partial charge in [-0.1, -0.05) is 18.2 Å². The third kappa shape index (κ3) is 3.06. The molecule has 1 aromatic carbocycles. The van der Waals surface area contributed by atoms with Crippen molar-refractivity contribution in [2.24, 2.45) is 0 Å². The Morgan fingerprint density at radius 2 is 2.05 bits per heavy atom. The summed E-state index contributed by atoms with van der Waals surface area (Å²) in [5.74, 6) is 0.954. The van der Waals surface area contributed by atoms with Crippen LogP contribution in [0, 0.1) is 0 Å². The molecule has 4 nitrogen and oxygen atoms in total. The number of benzene rings is 1. The van der Waals surface area contributed by atoms with E-state index in [1.165, 1.54) is 16.5 Å². The van der Waals surface area contributed by atoms with Crippen LogP contribution in [0.4, 0.5) is 0 Å². The number of aromatic amines is 1. The van der Waals surface area contributed by atoms with Crippen molar-refractivity contribution in [1.29, 1.82) is 0 Å². The van der Waals surface area contributed by atoms with Gasteiger partial charge in [-0.25, -0.2) is 4.98 Å². The highest BCUT2D eigenvalue weighted by Gasteiger charge is 2.04. The van der Waals surface area contributed by atoms with Crippen molar-refractivity contribution in [3.63, 3.8) is 0 Å². The van der Waals surface area contributed by atoms with Crippen LogP contribution < -0.4 is 10.1 Å². The van der Waals surface area contributed by atoms with Crippen molar-refractivity contribution in [2.45, 2.75) is 13.0 Å². The predicted molar refractivity (Wildman–Crippen MR) is 84.5 cm³/mol. The molecular formula is C17H19N3O. The van der Waals surface area contributed by atoms with Crippen LogP contribution in [-0.4, -0.2) is 23.6 Å². The van der Waals surface area contributed by atoms with Gasteiger partial charge in [-0.3, -0.25) is 0 Å². The normalized spacial score (nSPS) is 10.9. The maximum atomic E-state index is 5.36. The molecule has 0 fully saturated rings. The number of ether oxygens (including phenoxy) is 1. The zero-order valence-electron chi connectivity index (χ0n) is 12.1. The summed E-state index contributed by atoms with van der Waals surface area (Å²) < 4.78 is 5.36. The minimum absolute atomic E-state index is 0.834. The molecule has 0 atom stereocenters. The Bertz CT molecular complexity index is 721. The Kier molecular flexibility index (Phi) is 4.17. The lowest BCUT2D eigenvalue weighted by Gasteiger charge is -2.08. The number of rotatable bonds is 6. The standard InChI is InChI=1S/C17H19N3O/c1-21-16-7-3-2-5-13(16)8-10-18-11-14-12-20-17-15(14)6-4-9-19-17/h2-7,9,12,18H,8,10-11H2,1H3,(H,19,20). The fourth-order valence-corrected chi connectivity index (χ4v) is 2.51. The molecule has 0 bridgehead atoms. The quantitative estimate of drug-likeness (QED) is 0.683. The minimum Gasteiger partial charge on any atom is -0.496 e. The topological polar surface area (TPSA) is 49.9 Å². The monoisotopic (exact) mass is 281 g/mol. The van der Waals surface area contributed by atoms with Crippen molar-refractivity contribution in [2.75, 3.05) is 13.7 Å². The molecule has 3 aromatic rings. The zero-order chi connectivity index (χ0) is 14.5. The van der Waals surface area contributed by atoms with E-state index in [9.17, 15) is 0 Å². The number of hydrogen-bond donors (Lipinski definition) is 2. The average molecular weight is 281 g/mol. The number of nitrogens with zero attached hydrogens (tertiary/aromatic N) is 1. The molecule has 4 heteroatoms. The van der Waals surface area contributed by atoms with Gasteiger partial charge in [-0.05, 0) is 42.3 Å². The predicted octanol–water partition coefficient (Wildman–Crippen LogP) is 2.90. The first-order valence-electron chi connectivity index (χ1n) is 7.12. The van der Waals surface area contributed by atoms with Gasteiger partial charge >= 0.3 is 0 Å². The summed E-state index contributed by atoms with van der Waals surface area (Å²) in [5, 5.41) is 4.66. The first-order valence-corrected chi connectivity index (χ1v) is 7.12. The van der Waals surface area contributed by atoms with E-state index in [4.69, 9.17) is 4.74 Å². The van der Waals surface area contributed by atoms with E-state index in [0.29, 0.717) is 0 Å². The molecule has 0 aliphatic rings. The lowest BCUT2D eigenvalue weighted by Crippen LogP contribution is -2.16. The number of nitrogens with one attached hydrogen (secondary N) is 2. The molecule has 2 heterocycles. The van der Waals surface area contributed by atoms with Crippen LogP contribution in [0.3, 0.4) is 0 Å². The summed E-state index contributed by atoms with van der Waals surface area (Å²) in [6.45, 7) is 1.74. The van der Waals surface area contributed by atoms with Gasteiger partial charge in [0.25, 0.3) is 0 Å². The smallest absolute Gasteiger partial charge is 0.137 e. The SMILES string of the molecule is COc1ccccc1CCNCc1c[nH]c2ncccc12. The van der Waals surface area contributed by atoms with E-state index in [2.05, 4.69) is 27.4 Å². The van der Waals surface area contributed by atoms with E-state index in [0.717, 1.165) is 30.9 Å². The van der Waals surface area contributed by atoms with Crippen LogP contribution in [-0.2, 0) is 13.0 Å². The van der Waals surface area contributed by atoms with Gasteiger partial charge in [0.1, 0.15) is 11.4 Å². The molecule has 0 radical (unpaired) electrons. The lowest BCUT2D eigenvalue weighted by molar-refractivity contribution is 0.409. The minimum atomic E-state index is 0.834. The van der Waals surface area contributed by atoms with Crippen LogP contribution in [0.25, 0.3) is 11.0 Å². The number of para-hydroxylation sites is 1. The second kappa shape index (κ2) is 6.41. The van der Waals surface area contributed by atoms with E-state index in [1.54, 1.807) is 13.3 Å². The molecule has 2 aromatic heterocycles. The van der Waals surface area contributed by atoms with E-state index < -0.39 is 0 Å². The lowest BCUT2D eigenvalue weighted by atomic mass is 10.1. The van der Waals surface area contributed by atoms with Crippen LogP contribution in [0.2, 0.25) is 0 Å². The Morgan fingerprint density at radius 3 is 2.95 bits per heavy atom. The summed E-state index contributed by atoms with van der Waals surface area (Å²) >= 11 is 0. The molecule has 3 rings (SSSR count). The van der Waals surface area contributed by atoms with Gasteiger partial charge in [-0.2, -0.15) is 0 Å². The molecule has 0 amide bonds. The van der Waals surface area contributed by atoms with Gasteiger partial charge in [0.05, 0.1) is 7.11 Å². The Hall–Kier alpha value is -2.33. The summed E-state index contributed by atoms with van der Waals surface area (Å²) in [7, 11) is 1.71. The molecule has 0 unspecified atom stereocenters. The second-order valence-corrected chi connectivity index (χ2v) is 4.95. The Labute approximate surface area is 124 Å². The second-order valence-electron chi connectivity index (χ2n) is 4.95. The average Bonchev–Trinajstić information content (AvgIpc) is 2.95. The summed E-state index contributed by atoms with van der Waals surface area (Å²) in [6.07, 6.45) is 4.77. The van der Waals surface area contributed by atoms with Crippen LogP contribution in [0.1, 0.15) is 11.1 Å². The largest absolute Gasteiger partial charge is 0.496 e. The molecule has 0 aliphatic carbocycles. The summed E-state index contributed by atoms with van der Waals surface area (Å²) in [6, 6.07) is 12.2. The Morgan fingerprint density at radius 1 is 1.14 bits per heavy atom. The fraction of sp³-hybridized carbons (Fsp3) is 0.235. The van der Waals surface area contributed by atoms with E-state index in [1.807, 2.05) is 30.5 Å². The zero-order valence-corrected chi connectivity index (χ0v) is 12.1. The number of hydrogen-bond acceptors (Lipinski definition) is 3. The molecular weight excluding hydrogens is 262 g/mol. The first-order chi connectivity index (χ1) is 10.4. The number of methoxy groups -OCH3 is 1. The fourth-order valence-electron chi connectivity index (χ4n) is 2.51. The molecule has 108 valence electrons. The van der Waals surface area contributed by atoms with E-state index in [-0.39, 0.29) is 0 Å². The first kappa shape index (κ1) is 13.6. The Balaban J connectivity index is 1.57. The van der Waals surface area contributed by atoms with Gasteiger partial charge in [0, 0.05) is 24.3 Å². The number of pyridine rings is 1. The third-order valence-electron chi connectivity index (χ3n) is 3.62. The third-order valence-corrected chi connectivity index (χ3v) is 3.62. The highest BCUT2D eigenvalue weighted by molar-refractivity contribution is 5.79. The van der Waals surface area contributed by atoms with Gasteiger partial charge < -0.3 is 15.0 Å². The van der Waals surface area contributed by atoms with Gasteiger partial charge in [0.15, 0.2) is 0 Å². The number of H-pyrrole nitrogens is 1. The van der Waals surface area contributed by atoms with Crippen LogP contribution in [0.5, 0.6) is 5.75 Å². The maximum absolute atomic E-state index is 5.36. The van der Waals surface area contributed by atoms with Gasteiger partial charge in [0.2, 0.25) is 0 Å². The molecule has 2 N–H and O–H groups in total. The van der Waals surface area contributed by atoms with Crippen molar-refractivity contribution in [3.8, 4) is 5.75 Å². The number of aromatic nitrogens is 2. The van der Waals surface area contributed by atoms with Crippen LogP contribution >= 0.6 is 0 Å². The maximum Gasteiger partial charge on any atom is 0.137 e. The van der Waals surface area contributed by atoms with Crippen molar-refractivity contribution < 1.29 is 4.74 Å². The molecule has 21 heavy (non-hydrogen) atoms. The highest BCUT2D eigenvalue weighted by Crippen LogP contribution is 2.18. The summed E-state index contributed by atoms with van der Waals surface area (Å²) in [5.41, 5.74) is 3.42. The van der Waals surface area contributed by atoms with Crippen molar-refractivity contribution in [3.05, 3.63) is 59.9 Å². The van der Waals surface area contributed by atoms with Gasteiger partial charge in [-0.15, -0.1) is 0 Å².